The molecule has 0 spiro atoms. The first-order chi connectivity index (χ1) is 15.5. The number of hydrogen-bond acceptors (Lipinski definition) is 3. The van der Waals surface area contributed by atoms with Crippen LogP contribution in [0.5, 0.6) is 0 Å². The van der Waals surface area contributed by atoms with Gasteiger partial charge in [-0.25, -0.2) is 4.98 Å². The topological polar surface area (TPSA) is 55.2 Å². The van der Waals surface area contributed by atoms with Crippen LogP contribution < -0.4 is 5.56 Å². The number of benzene rings is 2. The Labute approximate surface area is 190 Å². The molecule has 0 saturated heterocycles. The molecular weight excluding hydrogens is 398 g/mol. The molecule has 4 rings (SSSR count). The van der Waals surface area contributed by atoms with Crippen molar-refractivity contribution in [2.24, 2.45) is 5.92 Å². The zero-order chi connectivity index (χ0) is 22.7. The van der Waals surface area contributed by atoms with Crippen molar-refractivity contribution < 1.29 is 4.79 Å². The van der Waals surface area contributed by atoms with Gasteiger partial charge >= 0.3 is 0 Å². The maximum Gasteiger partial charge on any atom is 0.266 e. The second-order valence-electron chi connectivity index (χ2n) is 9.01. The smallest absolute Gasteiger partial charge is 0.266 e. The van der Waals surface area contributed by atoms with Crippen molar-refractivity contribution in [2.75, 3.05) is 6.54 Å². The summed E-state index contributed by atoms with van der Waals surface area (Å²) >= 11 is 0. The summed E-state index contributed by atoms with van der Waals surface area (Å²) in [5.41, 5.74) is 2.44. The Morgan fingerprint density at radius 1 is 1.12 bits per heavy atom. The summed E-state index contributed by atoms with van der Waals surface area (Å²) in [7, 11) is 0. The highest BCUT2D eigenvalue weighted by Crippen LogP contribution is 2.30. The SMILES string of the molecule is CCCN(C(=O)C1CCCCC1)C(C)c1nc2ccccc2c(=O)n1-c1cccc(C)c1. The fraction of sp³-hybridized carbons (Fsp3) is 0.444. The van der Waals surface area contributed by atoms with Gasteiger partial charge in [0, 0.05) is 12.5 Å². The van der Waals surface area contributed by atoms with Gasteiger partial charge in [0.25, 0.3) is 5.56 Å². The summed E-state index contributed by atoms with van der Waals surface area (Å²) in [6, 6.07) is 15.1. The average Bonchev–Trinajstić information content (AvgIpc) is 2.82. The van der Waals surface area contributed by atoms with Crippen molar-refractivity contribution in [3.8, 4) is 5.69 Å². The molecule has 1 aliphatic carbocycles. The summed E-state index contributed by atoms with van der Waals surface area (Å²) < 4.78 is 1.71. The number of hydrogen-bond donors (Lipinski definition) is 0. The summed E-state index contributed by atoms with van der Waals surface area (Å²) in [5, 5.41) is 0.589. The first kappa shape index (κ1) is 22.3. The van der Waals surface area contributed by atoms with E-state index in [1.165, 1.54) is 6.42 Å². The minimum atomic E-state index is -0.304. The van der Waals surface area contributed by atoms with Crippen LogP contribution in [0.25, 0.3) is 16.6 Å². The Balaban J connectivity index is 1.86. The zero-order valence-corrected chi connectivity index (χ0v) is 19.4. The fourth-order valence-electron chi connectivity index (χ4n) is 4.91. The molecule has 1 aromatic heterocycles. The third-order valence-electron chi connectivity index (χ3n) is 6.60. The molecule has 1 heterocycles. The standard InChI is InChI=1S/C27H33N3O2/c1-4-17-29(26(31)21-12-6-5-7-13-21)20(3)25-28-24-16-9-8-15-23(24)27(32)30(25)22-14-10-11-19(2)18-22/h8-11,14-16,18,20-21H,4-7,12-13,17H2,1-3H3. The van der Waals surface area contributed by atoms with Gasteiger partial charge < -0.3 is 4.90 Å². The van der Waals surface area contributed by atoms with Crippen LogP contribution in [0.15, 0.2) is 53.3 Å². The lowest BCUT2D eigenvalue weighted by atomic mass is 9.88. The number of carbonyl (C=O) groups excluding carboxylic acids is 1. The quantitative estimate of drug-likeness (QED) is 0.512. The molecule has 0 radical (unpaired) electrons. The summed E-state index contributed by atoms with van der Waals surface area (Å²) in [4.78, 5) is 34.1. The van der Waals surface area contributed by atoms with E-state index in [2.05, 4.69) is 6.92 Å². The van der Waals surface area contributed by atoms with E-state index >= 15 is 0 Å². The Morgan fingerprint density at radius 3 is 2.59 bits per heavy atom. The van der Waals surface area contributed by atoms with Crippen molar-refractivity contribution in [1.29, 1.82) is 0 Å². The Kier molecular flexibility index (Phi) is 6.73. The number of aromatic nitrogens is 2. The largest absolute Gasteiger partial charge is 0.333 e. The van der Waals surface area contributed by atoms with Gasteiger partial charge in [-0.3, -0.25) is 14.2 Å². The van der Waals surface area contributed by atoms with E-state index in [1.54, 1.807) is 4.57 Å². The lowest BCUT2D eigenvalue weighted by Crippen LogP contribution is -2.41. The number of nitrogens with zero attached hydrogens (tertiary/aromatic N) is 3. The van der Waals surface area contributed by atoms with E-state index in [9.17, 15) is 9.59 Å². The molecule has 168 valence electrons. The van der Waals surface area contributed by atoms with Crippen molar-refractivity contribution in [2.45, 2.75) is 65.3 Å². The number of para-hydroxylation sites is 1. The van der Waals surface area contributed by atoms with E-state index in [1.807, 2.05) is 67.3 Å². The highest BCUT2D eigenvalue weighted by atomic mass is 16.2. The van der Waals surface area contributed by atoms with Crippen LogP contribution in [-0.2, 0) is 4.79 Å². The van der Waals surface area contributed by atoms with Crippen LogP contribution in [0.1, 0.15) is 69.8 Å². The van der Waals surface area contributed by atoms with E-state index in [0.29, 0.717) is 23.3 Å². The Morgan fingerprint density at radius 2 is 1.88 bits per heavy atom. The first-order valence-corrected chi connectivity index (χ1v) is 11.9. The lowest BCUT2D eigenvalue weighted by Gasteiger charge is -2.34. The van der Waals surface area contributed by atoms with Crippen LogP contribution in [0.3, 0.4) is 0 Å². The van der Waals surface area contributed by atoms with Gasteiger partial charge in [-0.2, -0.15) is 0 Å². The number of carbonyl (C=O) groups is 1. The second-order valence-corrected chi connectivity index (χ2v) is 9.01. The molecule has 5 heteroatoms. The van der Waals surface area contributed by atoms with Gasteiger partial charge in [-0.15, -0.1) is 0 Å². The number of aryl methyl sites for hydroxylation is 1. The minimum absolute atomic E-state index is 0.0809. The first-order valence-electron chi connectivity index (χ1n) is 11.9. The molecule has 32 heavy (non-hydrogen) atoms. The third kappa shape index (κ3) is 4.34. The number of amides is 1. The second kappa shape index (κ2) is 9.68. The van der Waals surface area contributed by atoms with Crippen LogP contribution in [0.4, 0.5) is 0 Å². The average molecular weight is 432 g/mol. The molecule has 1 saturated carbocycles. The van der Waals surface area contributed by atoms with Gasteiger partial charge in [-0.1, -0.05) is 50.5 Å². The van der Waals surface area contributed by atoms with Crippen molar-refractivity contribution in [3.05, 3.63) is 70.3 Å². The maximum absolute atomic E-state index is 13.6. The normalized spacial score (nSPS) is 15.6. The van der Waals surface area contributed by atoms with Crippen molar-refractivity contribution in [1.82, 2.24) is 14.5 Å². The number of rotatable bonds is 6. The van der Waals surface area contributed by atoms with E-state index in [-0.39, 0.29) is 23.4 Å². The zero-order valence-electron chi connectivity index (χ0n) is 19.4. The molecule has 2 aromatic carbocycles. The maximum atomic E-state index is 13.6. The van der Waals surface area contributed by atoms with Crippen molar-refractivity contribution in [3.63, 3.8) is 0 Å². The van der Waals surface area contributed by atoms with Gasteiger partial charge in [0.05, 0.1) is 22.6 Å². The fourth-order valence-corrected chi connectivity index (χ4v) is 4.91. The number of fused-ring (bicyclic) bond motifs is 1. The van der Waals surface area contributed by atoms with Gasteiger partial charge in [-0.05, 0) is 62.9 Å². The van der Waals surface area contributed by atoms with Crippen LogP contribution in [-0.4, -0.2) is 26.9 Å². The predicted octanol–water partition coefficient (Wildman–Crippen LogP) is 5.57. The molecule has 1 amide bonds. The van der Waals surface area contributed by atoms with Crippen LogP contribution in [0.2, 0.25) is 0 Å². The molecule has 5 nitrogen and oxygen atoms in total. The third-order valence-corrected chi connectivity index (χ3v) is 6.60. The highest BCUT2D eigenvalue weighted by molar-refractivity contribution is 5.80. The van der Waals surface area contributed by atoms with Crippen LogP contribution >= 0.6 is 0 Å². The predicted molar refractivity (Wildman–Crippen MR) is 129 cm³/mol. The molecule has 1 unspecified atom stereocenters. The summed E-state index contributed by atoms with van der Waals surface area (Å²) in [6.45, 7) is 6.78. The molecule has 1 atom stereocenters. The molecule has 0 N–H and O–H groups in total. The van der Waals surface area contributed by atoms with Gasteiger partial charge in [0.15, 0.2) is 0 Å². The van der Waals surface area contributed by atoms with Gasteiger partial charge in [0.2, 0.25) is 5.91 Å². The van der Waals surface area contributed by atoms with Crippen LogP contribution in [0, 0.1) is 12.8 Å². The summed E-state index contributed by atoms with van der Waals surface area (Å²) in [5.74, 6) is 0.909. The highest BCUT2D eigenvalue weighted by Gasteiger charge is 2.31. The van der Waals surface area contributed by atoms with E-state index in [4.69, 9.17) is 4.98 Å². The van der Waals surface area contributed by atoms with Crippen molar-refractivity contribution >= 4 is 16.8 Å². The Bertz CT molecular complexity index is 1160. The molecule has 3 aromatic rings. The molecule has 0 aliphatic heterocycles. The molecule has 0 bridgehead atoms. The summed E-state index contributed by atoms with van der Waals surface area (Å²) in [6.07, 6.45) is 6.24. The molecule has 1 fully saturated rings. The lowest BCUT2D eigenvalue weighted by molar-refractivity contribution is -0.139. The van der Waals surface area contributed by atoms with E-state index in [0.717, 1.165) is 43.4 Å². The van der Waals surface area contributed by atoms with Gasteiger partial charge in [0.1, 0.15) is 5.82 Å². The monoisotopic (exact) mass is 431 g/mol. The minimum Gasteiger partial charge on any atom is -0.333 e. The Hall–Kier alpha value is -2.95. The molecular formula is C27H33N3O2. The van der Waals surface area contributed by atoms with E-state index < -0.39 is 0 Å². The molecule has 1 aliphatic rings.